The molecule has 0 saturated heterocycles. The smallest absolute Gasteiger partial charge is 0.416 e. The van der Waals surface area contributed by atoms with Gasteiger partial charge >= 0.3 is 12.2 Å². The lowest BCUT2D eigenvalue weighted by molar-refractivity contribution is -0.137. The van der Waals surface area contributed by atoms with E-state index in [9.17, 15) is 22.8 Å². The van der Waals surface area contributed by atoms with Gasteiger partial charge in [0, 0.05) is 18.7 Å². The van der Waals surface area contributed by atoms with Gasteiger partial charge in [-0.15, -0.1) is 0 Å². The predicted octanol–water partition coefficient (Wildman–Crippen LogP) is 4.81. The molecule has 1 atom stereocenters. The molecular formula is C27H28F3N3O4. The number of anilines is 1. The molecule has 3 rings (SSSR count). The molecular weight excluding hydrogens is 487 g/mol. The van der Waals surface area contributed by atoms with Gasteiger partial charge in [0.25, 0.3) is 0 Å². The standard InChI is InChI=1S/C27H28F3N3O4/c1-36-23-12-11-19(16-24(23)37-2)13-14-31-25(34)22(15-18-7-4-3-5-8-18)33-26(35)32-21-10-6-9-20(17-21)27(28,29)30/h3-12,16-17,22H,13-15H2,1-2H3,(H,31,34)(H2,32,33,35). The number of carbonyl (C=O) groups excluding carboxylic acids is 2. The van der Waals surface area contributed by atoms with Crippen LogP contribution in [0.2, 0.25) is 0 Å². The lowest BCUT2D eigenvalue weighted by Crippen LogP contribution is -2.49. The summed E-state index contributed by atoms with van der Waals surface area (Å²) in [5.41, 5.74) is 0.786. The Morgan fingerprint density at radius 2 is 1.59 bits per heavy atom. The number of alkyl halides is 3. The third-order valence-corrected chi connectivity index (χ3v) is 5.51. The number of hydrogen-bond donors (Lipinski definition) is 3. The fourth-order valence-corrected chi connectivity index (χ4v) is 3.65. The van der Waals surface area contributed by atoms with Crippen molar-refractivity contribution in [3.05, 3.63) is 89.5 Å². The van der Waals surface area contributed by atoms with Crippen molar-refractivity contribution >= 4 is 17.6 Å². The molecule has 0 aromatic heterocycles. The second kappa shape index (κ2) is 12.7. The molecule has 37 heavy (non-hydrogen) atoms. The number of rotatable bonds is 10. The Balaban J connectivity index is 1.65. The van der Waals surface area contributed by atoms with Gasteiger partial charge in [-0.05, 0) is 47.9 Å². The summed E-state index contributed by atoms with van der Waals surface area (Å²) >= 11 is 0. The maximum atomic E-state index is 13.0. The first-order chi connectivity index (χ1) is 17.7. The normalized spacial score (nSPS) is 11.8. The maximum Gasteiger partial charge on any atom is 0.416 e. The summed E-state index contributed by atoms with van der Waals surface area (Å²) in [4.78, 5) is 25.6. The van der Waals surface area contributed by atoms with E-state index in [0.717, 1.165) is 23.3 Å². The van der Waals surface area contributed by atoms with Crippen molar-refractivity contribution in [2.45, 2.75) is 25.1 Å². The molecule has 1 unspecified atom stereocenters. The zero-order valence-corrected chi connectivity index (χ0v) is 20.4. The average molecular weight is 516 g/mol. The number of methoxy groups -OCH3 is 2. The molecule has 0 spiro atoms. The van der Waals surface area contributed by atoms with Gasteiger partial charge in [-0.25, -0.2) is 4.79 Å². The number of amides is 3. The van der Waals surface area contributed by atoms with Crippen molar-refractivity contribution in [2.75, 3.05) is 26.1 Å². The highest BCUT2D eigenvalue weighted by molar-refractivity contribution is 5.94. The Labute approximate surface area is 213 Å². The fraction of sp³-hybridized carbons (Fsp3) is 0.259. The zero-order chi connectivity index (χ0) is 26.8. The Bertz CT molecular complexity index is 1200. The summed E-state index contributed by atoms with van der Waals surface area (Å²) in [6.07, 6.45) is -3.85. The van der Waals surface area contributed by atoms with Crippen LogP contribution in [0.1, 0.15) is 16.7 Å². The number of halogens is 3. The van der Waals surface area contributed by atoms with E-state index in [0.29, 0.717) is 17.9 Å². The topological polar surface area (TPSA) is 88.7 Å². The quantitative estimate of drug-likeness (QED) is 0.362. The summed E-state index contributed by atoms with van der Waals surface area (Å²) in [6, 6.07) is 17.0. The van der Waals surface area contributed by atoms with Gasteiger partial charge in [0.2, 0.25) is 5.91 Å². The largest absolute Gasteiger partial charge is 0.493 e. The Morgan fingerprint density at radius 1 is 0.865 bits per heavy atom. The third kappa shape index (κ3) is 8.16. The molecule has 0 aliphatic heterocycles. The van der Waals surface area contributed by atoms with Gasteiger partial charge in [0.15, 0.2) is 11.5 Å². The minimum Gasteiger partial charge on any atom is -0.493 e. The Hall–Kier alpha value is -4.21. The van der Waals surface area contributed by atoms with Crippen LogP contribution < -0.4 is 25.4 Å². The van der Waals surface area contributed by atoms with E-state index in [2.05, 4.69) is 16.0 Å². The minimum atomic E-state index is -4.54. The first-order valence-electron chi connectivity index (χ1n) is 11.5. The molecule has 0 aliphatic carbocycles. The Morgan fingerprint density at radius 3 is 2.27 bits per heavy atom. The molecule has 3 aromatic rings. The van der Waals surface area contributed by atoms with Gasteiger partial charge in [0.1, 0.15) is 6.04 Å². The molecule has 0 fully saturated rings. The maximum absolute atomic E-state index is 13.0. The van der Waals surface area contributed by atoms with Crippen molar-refractivity contribution in [3.63, 3.8) is 0 Å². The van der Waals surface area contributed by atoms with Gasteiger partial charge in [0.05, 0.1) is 19.8 Å². The van der Waals surface area contributed by atoms with E-state index < -0.39 is 29.7 Å². The minimum absolute atomic E-state index is 0.0420. The first kappa shape index (κ1) is 27.4. The first-order valence-corrected chi connectivity index (χ1v) is 11.5. The highest BCUT2D eigenvalue weighted by Crippen LogP contribution is 2.30. The van der Waals surface area contributed by atoms with Crippen molar-refractivity contribution in [2.24, 2.45) is 0 Å². The van der Waals surface area contributed by atoms with Crippen molar-refractivity contribution < 1.29 is 32.2 Å². The van der Waals surface area contributed by atoms with Crippen molar-refractivity contribution in [3.8, 4) is 11.5 Å². The number of carbonyl (C=O) groups is 2. The fourth-order valence-electron chi connectivity index (χ4n) is 3.65. The van der Waals surface area contributed by atoms with E-state index in [1.807, 2.05) is 42.5 Å². The highest BCUT2D eigenvalue weighted by atomic mass is 19.4. The van der Waals surface area contributed by atoms with Gasteiger partial charge in [-0.3, -0.25) is 4.79 Å². The monoisotopic (exact) mass is 515 g/mol. The molecule has 0 bridgehead atoms. The molecule has 0 radical (unpaired) electrons. The summed E-state index contributed by atoms with van der Waals surface area (Å²) in [6.45, 7) is 0.288. The molecule has 7 nitrogen and oxygen atoms in total. The summed E-state index contributed by atoms with van der Waals surface area (Å²) < 4.78 is 49.5. The molecule has 0 saturated carbocycles. The summed E-state index contributed by atoms with van der Waals surface area (Å²) in [5.74, 6) is 0.735. The van der Waals surface area contributed by atoms with Crippen LogP contribution in [0.25, 0.3) is 0 Å². The van der Waals surface area contributed by atoms with Gasteiger partial charge in [-0.2, -0.15) is 13.2 Å². The average Bonchev–Trinajstić information content (AvgIpc) is 2.88. The summed E-state index contributed by atoms with van der Waals surface area (Å²) in [7, 11) is 3.08. The van der Waals surface area contributed by atoms with Crippen LogP contribution in [0.4, 0.5) is 23.7 Å². The van der Waals surface area contributed by atoms with Gasteiger partial charge < -0.3 is 25.4 Å². The van der Waals surface area contributed by atoms with Crippen LogP contribution >= 0.6 is 0 Å². The number of ether oxygens (including phenoxy) is 2. The van der Waals surface area contributed by atoms with Crippen LogP contribution in [0.3, 0.4) is 0 Å². The van der Waals surface area contributed by atoms with Crippen molar-refractivity contribution in [1.82, 2.24) is 10.6 Å². The van der Waals surface area contributed by atoms with Crippen LogP contribution in [-0.2, 0) is 23.8 Å². The molecule has 3 N–H and O–H groups in total. The van der Waals surface area contributed by atoms with Crippen LogP contribution in [0.5, 0.6) is 11.5 Å². The van der Waals surface area contributed by atoms with E-state index in [-0.39, 0.29) is 18.7 Å². The lowest BCUT2D eigenvalue weighted by Gasteiger charge is -2.19. The molecule has 10 heteroatoms. The summed E-state index contributed by atoms with van der Waals surface area (Å²) in [5, 5.41) is 7.76. The van der Waals surface area contributed by atoms with E-state index in [4.69, 9.17) is 9.47 Å². The number of nitrogens with one attached hydrogen (secondary N) is 3. The number of urea groups is 1. The molecule has 0 aliphatic rings. The molecule has 196 valence electrons. The highest BCUT2D eigenvalue weighted by Gasteiger charge is 2.30. The Kier molecular flexibility index (Phi) is 9.37. The number of benzene rings is 3. The van der Waals surface area contributed by atoms with Crippen molar-refractivity contribution in [1.29, 1.82) is 0 Å². The second-order valence-electron chi connectivity index (χ2n) is 8.15. The van der Waals surface area contributed by atoms with E-state index in [1.165, 1.54) is 19.2 Å². The third-order valence-electron chi connectivity index (χ3n) is 5.51. The van der Waals surface area contributed by atoms with Crippen LogP contribution in [-0.4, -0.2) is 38.7 Å². The van der Waals surface area contributed by atoms with Gasteiger partial charge in [-0.1, -0.05) is 42.5 Å². The second-order valence-corrected chi connectivity index (χ2v) is 8.15. The zero-order valence-electron chi connectivity index (χ0n) is 20.4. The number of hydrogen-bond acceptors (Lipinski definition) is 4. The molecule has 0 heterocycles. The van der Waals surface area contributed by atoms with E-state index >= 15 is 0 Å². The predicted molar refractivity (Wildman–Crippen MR) is 134 cm³/mol. The molecule has 3 amide bonds. The molecule has 3 aromatic carbocycles. The lowest BCUT2D eigenvalue weighted by atomic mass is 10.1. The van der Waals surface area contributed by atoms with E-state index in [1.54, 1.807) is 13.2 Å². The SMILES string of the molecule is COc1ccc(CCNC(=O)C(Cc2ccccc2)NC(=O)Nc2cccc(C(F)(F)F)c2)cc1OC. The van der Waals surface area contributed by atoms with Crippen LogP contribution in [0, 0.1) is 0 Å². The van der Waals surface area contributed by atoms with Crippen LogP contribution in [0.15, 0.2) is 72.8 Å².